The highest BCUT2D eigenvalue weighted by Gasteiger charge is 2.36. The highest BCUT2D eigenvalue weighted by Crippen LogP contribution is 2.30. The van der Waals surface area contributed by atoms with Crippen molar-refractivity contribution in [1.82, 2.24) is 9.80 Å². The Morgan fingerprint density at radius 1 is 1.42 bits per heavy atom. The molecule has 0 bridgehead atoms. The van der Waals surface area contributed by atoms with Crippen LogP contribution in [0, 0.1) is 5.92 Å². The molecule has 24 heavy (non-hydrogen) atoms. The van der Waals surface area contributed by atoms with Crippen molar-refractivity contribution in [3.63, 3.8) is 0 Å². The molecule has 0 spiro atoms. The number of carbonyl (C=O) groups excluding carboxylic acids is 1. The van der Waals surface area contributed by atoms with E-state index in [0.717, 1.165) is 12.8 Å². The van der Waals surface area contributed by atoms with Crippen LogP contribution in [-0.2, 0) is 19.6 Å². The Morgan fingerprint density at radius 3 is 2.75 bits per heavy atom. The molecule has 130 valence electrons. The molecule has 1 aliphatic carbocycles. The van der Waals surface area contributed by atoms with Crippen LogP contribution in [0.25, 0.3) is 0 Å². The van der Waals surface area contributed by atoms with Gasteiger partial charge in [-0.05, 0) is 25.0 Å². The van der Waals surface area contributed by atoms with Gasteiger partial charge in [0.1, 0.15) is 5.84 Å². The summed E-state index contributed by atoms with van der Waals surface area (Å²) >= 11 is 0. The Bertz CT molecular complexity index is 764. The number of carbonyl (C=O) groups is 2. The Morgan fingerprint density at radius 2 is 2.12 bits per heavy atom. The SMILES string of the molecule is CC(CN(C(=O)C1=CN2CCS(=O)(=O)N=C2C=C1)C1CC1)C(=O)O. The van der Waals surface area contributed by atoms with E-state index < -0.39 is 21.9 Å². The minimum absolute atomic E-state index is 0.0883. The zero-order chi connectivity index (χ0) is 17.5. The number of amidine groups is 1. The van der Waals surface area contributed by atoms with Crippen LogP contribution in [0.1, 0.15) is 19.8 Å². The van der Waals surface area contributed by atoms with Crippen LogP contribution in [0.15, 0.2) is 28.3 Å². The topological polar surface area (TPSA) is 107 Å². The number of aliphatic carboxylic acids is 1. The summed E-state index contributed by atoms with van der Waals surface area (Å²) < 4.78 is 26.7. The average molecular weight is 353 g/mol. The third-order valence-corrected chi connectivity index (χ3v) is 5.38. The molecule has 2 heterocycles. The minimum atomic E-state index is -3.43. The molecule has 0 saturated heterocycles. The largest absolute Gasteiger partial charge is 0.481 e. The normalized spacial score (nSPS) is 23.0. The van der Waals surface area contributed by atoms with Gasteiger partial charge in [-0.3, -0.25) is 9.59 Å². The molecule has 1 fully saturated rings. The number of fused-ring (bicyclic) bond motifs is 1. The molecular formula is C15H19N3O5S. The van der Waals surface area contributed by atoms with Crippen molar-refractivity contribution in [2.24, 2.45) is 10.3 Å². The lowest BCUT2D eigenvalue weighted by atomic mass is 10.1. The third-order valence-electron chi connectivity index (χ3n) is 4.21. The smallest absolute Gasteiger partial charge is 0.308 e. The molecule has 8 nitrogen and oxygen atoms in total. The lowest BCUT2D eigenvalue weighted by molar-refractivity contribution is -0.142. The van der Waals surface area contributed by atoms with Gasteiger partial charge >= 0.3 is 5.97 Å². The fraction of sp³-hybridized carbons (Fsp3) is 0.533. The maximum atomic E-state index is 12.8. The number of carboxylic acid groups (broad SMARTS) is 1. The number of sulfonamides is 1. The van der Waals surface area contributed by atoms with Gasteiger partial charge in [-0.1, -0.05) is 6.92 Å². The summed E-state index contributed by atoms with van der Waals surface area (Å²) in [5.41, 5.74) is 0.415. The summed E-state index contributed by atoms with van der Waals surface area (Å²) in [6.07, 6.45) is 6.40. The number of rotatable bonds is 5. The van der Waals surface area contributed by atoms with E-state index in [1.807, 2.05) is 0 Å². The van der Waals surface area contributed by atoms with Crippen LogP contribution in [0.5, 0.6) is 0 Å². The van der Waals surface area contributed by atoms with E-state index in [1.54, 1.807) is 29.0 Å². The van der Waals surface area contributed by atoms with Crippen LogP contribution in [0.2, 0.25) is 0 Å². The highest BCUT2D eigenvalue weighted by molar-refractivity contribution is 7.90. The second kappa shape index (κ2) is 6.04. The first-order valence-electron chi connectivity index (χ1n) is 7.80. The van der Waals surface area contributed by atoms with Crippen molar-refractivity contribution >= 4 is 27.7 Å². The van der Waals surface area contributed by atoms with Gasteiger partial charge in [0.25, 0.3) is 15.9 Å². The molecule has 3 rings (SSSR count). The molecule has 1 amide bonds. The predicted octanol–water partition coefficient (Wildman–Crippen LogP) is 0.196. The summed E-state index contributed by atoms with van der Waals surface area (Å²) in [4.78, 5) is 27.1. The molecular weight excluding hydrogens is 334 g/mol. The van der Waals surface area contributed by atoms with Gasteiger partial charge in [-0.2, -0.15) is 0 Å². The lowest BCUT2D eigenvalue weighted by Gasteiger charge is -2.30. The molecule has 0 aromatic carbocycles. The summed E-state index contributed by atoms with van der Waals surface area (Å²) in [6.45, 7) is 1.99. The van der Waals surface area contributed by atoms with Gasteiger partial charge < -0.3 is 14.9 Å². The monoisotopic (exact) mass is 353 g/mol. The van der Waals surface area contributed by atoms with Crippen LogP contribution in [0.4, 0.5) is 0 Å². The molecule has 0 aromatic heterocycles. The quantitative estimate of drug-likeness (QED) is 0.756. The van der Waals surface area contributed by atoms with E-state index in [2.05, 4.69) is 4.40 Å². The van der Waals surface area contributed by atoms with Crippen LogP contribution >= 0.6 is 0 Å². The zero-order valence-corrected chi connectivity index (χ0v) is 14.1. The number of nitrogens with zero attached hydrogens (tertiary/aromatic N) is 3. The Balaban J connectivity index is 1.78. The average Bonchev–Trinajstić information content (AvgIpc) is 3.35. The summed E-state index contributed by atoms with van der Waals surface area (Å²) in [6, 6.07) is 0.0883. The number of amides is 1. The first kappa shape index (κ1) is 16.7. The predicted molar refractivity (Wildman–Crippen MR) is 86.7 cm³/mol. The summed E-state index contributed by atoms with van der Waals surface area (Å²) in [5.74, 6) is -1.59. The van der Waals surface area contributed by atoms with Gasteiger partial charge in [0.05, 0.1) is 17.2 Å². The van der Waals surface area contributed by atoms with Crippen LogP contribution in [-0.4, -0.2) is 65.9 Å². The maximum absolute atomic E-state index is 12.8. The molecule has 1 atom stereocenters. The first-order valence-corrected chi connectivity index (χ1v) is 9.41. The standard InChI is InChI=1S/C15H19N3O5S/c1-10(15(20)21)8-18(12-3-4-12)14(19)11-2-5-13-16-24(22,23)7-6-17(13)9-11/h2,5,9-10,12H,3-4,6-8H2,1H3,(H,20,21). The molecule has 9 heteroatoms. The molecule has 0 radical (unpaired) electrons. The fourth-order valence-electron chi connectivity index (χ4n) is 2.65. The Hall–Kier alpha value is -2.16. The van der Waals surface area contributed by atoms with E-state index in [1.165, 1.54) is 6.08 Å². The van der Waals surface area contributed by atoms with Crippen molar-refractivity contribution in [2.75, 3.05) is 18.8 Å². The van der Waals surface area contributed by atoms with Gasteiger partial charge in [0, 0.05) is 25.3 Å². The van der Waals surface area contributed by atoms with Gasteiger partial charge in [0.15, 0.2) is 0 Å². The second-order valence-corrected chi connectivity index (χ2v) is 8.03. The maximum Gasteiger partial charge on any atom is 0.308 e. The first-order chi connectivity index (χ1) is 11.3. The second-order valence-electron chi connectivity index (χ2n) is 6.27. The number of hydrogen-bond acceptors (Lipinski definition) is 5. The summed E-state index contributed by atoms with van der Waals surface area (Å²) in [7, 11) is -3.43. The summed E-state index contributed by atoms with van der Waals surface area (Å²) in [5, 5.41) is 9.08. The van der Waals surface area contributed by atoms with E-state index in [-0.39, 0.29) is 30.8 Å². The molecule has 1 unspecified atom stereocenters. The number of hydrogen-bond donors (Lipinski definition) is 1. The van der Waals surface area contributed by atoms with Gasteiger partial charge in [-0.15, -0.1) is 4.40 Å². The van der Waals surface area contributed by atoms with Crippen molar-refractivity contribution in [2.45, 2.75) is 25.8 Å². The van der Waals surface area contributed by atoms with Crippen molar-refractivity contribution in [3.05, 3.63) is 23.9 Å². The van der Waals surface area contributed by atoms with E-state index in [0.29, 0.717) is 11.4 Å². The van der Waals surface area contributed by atoms with Gasteiger partial charge in [-0.25, -0.2) is 8.42 Å². The third kappa shape index (κ3) is 3.50. The van der Waals surface area contributed by atoms with Crippen molar-refractivity contribution in [1.29, 1.82) is 0 Å². The van der Waals surface area contributed by atoms with Gasteiger partial charge in [0.2, 0.25) is 0 Å². The van der Waals surface area contributed by atoms with Crippen molar-refractivity contribution < 1.29 is 23.1 Å². The zero-order valence-electron chi connectivity index (χ0n) is 13.3. The van der Waals surface area contributed by atoms with Crippen molar-refractivity contribution in [3.8, 4) is 0 Å². The lowest BCUT2D eigenvalue weighted by Crippen LogP contribution is -2.41. The fourth-order valence-corrected chi connectivity index (χ4v) is 3.62. The van der Waals surface area contributed by atoms with E-state index in [9.17, 15) is 18.0 Å². The minimum Gasteiger partial charge on any atom is -0.481 e. The van der Waals surface area contributed by atoms with Crippen LogP contribution in [0.3, 0.4) is 0 Å². The van der Waals surface area contributed by atoms with Crippen LogP contribution < -0.4 is 0 Å². The Kier molecular flexibility index (Phi) is 4.20. The Labute approximate surface area is 140 Å². The molecule has 0 aromatic rings. The van der Waals surface area contributed by atoms with E-state index >= 15 is 0 Å². The highest BCUT2D eigenvalue weighted by atomic mass is 32.2. The molecule has 1 N–H and O–H groups in total. The van der Waals surface area contributed by atoms with E-state index in [4.69, 9.17) is 5.11 Å². The number of carboxylic acids is 1. The molecule has 2 aliphatic heterocycles. The molecule has 3 aliphatic rings. The molecule has 1 saturated carbocycles.